The number of anilines is 1. The van der Waals surface area contributed by atoms with E-state index in [1.807, 2.05) is 19.1 Å². The summed E-state index contributed by atoms with van der Waals surface area (Å²) in [4.78, 5) is 47.8. The Hall–Kier alpha value is -1.47. The SMILES string of the molecule is C.C.CC1(C)CC(=O)c2ccccc2[N-]C1=O.CC1C(=O)c2ccccc2NC(=O)C1(C)C.[Rb+]. The first-order chi connectivity index (χ1) is 14.4. The van der Waals surface area contributed by atoms with Gasteiger partial charge in [0.1, 0.15) is 0 Å². The maximum atomic E-state index is 12.2. The second-order valence-electron chi connectivity index (χ2n) is 9.23. The van der Waals surface area contributed by atoms with Gasteiger partial charge in [0.05, 0.1) is 17.0 Å². The molecule has 0 saturated carbocycles. The number of hydrogen-bond acceptors (Lipinski definition) is 4. The third kappa shape index (κ3) is 6.59. The maximum Gasteiger partial charge on any atom is 1.00 e. The molecule has 0 saturated heterocycles. The molecule has 34 heavy (non-hydrogen) atoms. The van der Waals surface area contributed by atoms with Crippen LogP contribution in [0.25, 0.3) is 5.32 Å². The summed E-state index contributed by atoms with van der Waals surface area (Å²) in [5.41, 5.74) is 0.921. The smallest absolute Gasteiger partial charge is 0.626 e. The molecule has 4 rings (SSSR count). The number of para-hydroxylation sites is 2. The fraction of sp³-hybridized carbons (Fsp3) is 0.407. The topological polar surface area (TPSA) is 94.4 Å². The summed E-state index contributed by atoms with van der Waals surface area (Å²) >= 11 is 0. The van der Waals surface area contributed by atoms with Crippen molar-refractivity contribution in [3.8, 4) is 0 Å². The molecule has 2 aliphatic rings. The monoisotopic (exact) mass is 536 g/mol. The van der Waals surface area contributed by atoms with Crippen molar-refractivity contribution in [3.63, 3.8) is 0 Å². The predicted octanol–water partition coefficient (Wildman–Crippen LogP) is 3.59. The van der Waals surface area contributed by atoms with Gasteiger partial charge >= 0.3 is 58.2 Å². The number of ketones is 2. The molecular weight excluding hydrogens is 502 g/mol. The van der Waals surface area contributed by atoms with Crippen LogP contribution in [0.5, 0.6) is 0 Å². The molecule has 7 heteroatoms. The average molecular weight is 537 g/mol. The first-order valence-electron chi connectivity index (χ1n) is 10.3. The Bertz CT molecular complexity index is 1080. The van der Waals surface area contributed by atoms with E-state index in [1.54, 1.807) is 64.1 Å². The van der Waals surface area contributed by atoms with Crippen LogP contribution in [-0.2, 0) is 9.59 Å². The molecule has 0 fully saturated rings. The Balaban J connectivity index is 0.000000590. The largest absolute Gasteiger partial charge is 1.00 e. The summed E-state index contributed by atoms with van der Waals surface area (Å²) in [5, 5.41) is 6.80. The van der Waals surface area contributed by atoms with Crippen LogP contribution in [-0.4, -0.2) is 23.4 Å². The number of nitrogens with zero attached hydrogens (tertiary/aromatic N) is 1. The van der Waals surface area contributed by atoms with E-state index in [-0.39, 0.29) is 109 Å². The van der Waals surface area contributed by atoms with Crippen LogP contribution in [0.3, 0.4) is 0 Å². The number of carbonyl (C=O) groups is 4. The van der Waals surface area contributed by atoms with E-state index in [9.17, 15) is 19.2 Å². The summed E-state index contributed by atoms with van der Waals surface area (Å²) < 4.78 is 0. The van der Waals surface area contributed by atoms with E-state index in [2.05, 4.69) is 10.6 Å². The van der Waals surface area contributed by atoms with Crippen molar-refractivity contribution in [2.45, 2.75) is 55.9 Å². The Labute approximate surface area is 252 Å². The summed E-state index contributed by atoms with van der Waals surface area (Å²) in [6.07, 6.45) is 0.229. The maximum absolute atomic E-state index is 12.2. The average Bonchev–Trinajstić information content (AvgIpc) is 2.84. The Morgan fingerprint density at radius 3 is 2.00 bits per heavy atom. The van der Waals surface area contributed by atoms with Crippen LogP contribution in [0, 0.1) is 16.7 Å². The van der Waals surface area contributed by atoms with E-state index in [1.165, 1.54) is 0 Å². The molecule has 2 heterocycles. The number of nitrogens with one attached hydrogen (secondary N) is 1. The fourth-order valence-electron chi connectivity index (χ4n) is 3.49. The van der Waals surface area contributed by atoms with Crippen molar-refractivity contribution >= 4 is 34.8 Å². The summed E-state index contributed by atoms with van der Waals surface area (Å²) in [5.74, 6) is -0.612. The molecule has 0 spiro atoms. The minimum absolute atomic E-state index is 0. The van der Waals surface area contributed by atoms with E-state index >= 15 is 0 Å². The van der Waals surface area contributed by atoms with Gasteiger partial charge in [-0.05, 0) is 12.1 Å². The number of fused-ring (bicyclic) bond motifs is 2. The third-order valence-corrected chi connectivity index (χ3v) is 6.11. The van der Waals surface area contributed by atoms with Crippen molar-refractivity contribution in [3.05, 3.63) is 65.0 Å². The molecular formula is C27H35N2O4Rb. The molecule has 0 aromatic heterocycles. The molecule has 2 aliphatic heterocycles. The number of carbonyl (C=O) groups excluding carboxylic acids is 4. The predicted molar refractivity (Wildman–Crippen MR) is 133 cm³/mol. The fourth-order valence-corrected chi connectivity index (χ4v) is 3.49. The van der Waals surface area contributed by atoms with Crippen molar-refractivity contribution in [1.82, 2.24) is 0 Å². The van der Waals surface area contributed by atoms with Gasteiger partial charge in [0.15, 0.2) is 11.6 Å². The second-order valence-corrected chi connectivity index (χ2v) is 9.23. The molecule has 6 nitrogen and oxygen atoms in total. The second kappa shape index (κ2) is 12.5. The van der Waals surface area contributed by atoms with Gasteiger partial charge in [-0.2, -0.15) is 0 Å². The van der Waals surface area contributed by atoms with Gasteiger partial charge in [-0.3, -0.25) is 14.4 Å². The van der Waals surface area contributed by atoms with E-state index in [0.29, 0.717) is 22.5 Å². The molecule has 0 aliphatic carbocycles. The van der Waals surface area contributed by atoms with E-state index in [0.717, 1.165) is 0 Å². The van der Waals surface area contributed by atoms with Gasteiger partial charge in [-0.15, -0.1) is 5.69 Å². The zero-order chi connectivity index (χ0) is 23.0. The van der Waals surface area contributed by atoms with Crippen LogP contribution in [0.4, 0.5) is 11.4 Å². The van der Waals surface area contributed by atoms with Crippen LogP contribution in [0.1, 0.15) is 76.6 Å². The number of amides is 2. The molecule has 2 amide bonds. The zero-order valence-corrected chi connectivity index (χ0v) is 24.4. The van der Waals surface area contributed by atoms with Crippen molar-refractivity contribution in [2.24, 2.45) is 16.7 Å². The van der Waals surface area contributed by atoms with Crippen LogP contribution >= 0.6 is 0 Å². The molecule has 0 radical (unpaired) electrons. The third-order valence-electron chi connectivity index (χ3n) is 6.11. The summed E-state index contributed by atoms with van der Waals surface area (Å²) in [7, 11) is 0. The minimum Gasteiger partial charge on any atom is -0.626 e. The Morgan fingerprint density at radius 2 is 1.38 bits per heavy atom. The zero-order valence-electron chi connectivity index (χ0n) is 19.5. The van der Waals surface area contributed by atoms with Gasteiger partial charge < -0.3 is 15.4 Å². The quantitative estimate of drug-likeness (QED) is 0.557. The van der Waals surface area contributed by atoms with Gasteiger partial charge in [0, 0.05) is 28.9 Å². The van der Waals surface area contributed by atoms with E-state index in [4.69, 9.17) is 0 Å². The molecule has 0 bridgehead atoms. The molecule has 178 valence electrons. The molecule has 2 aromatic rings. The molecule has 1 unspecified atom stereocenters. The van der Waals surface area contributed by atoms with E-state index < -0.39 is 10.8 Å². The minimum atomic E-state index is -0.684. The number of hydrogen-bond donors (Lipinski definition) is 1. The van der Waals surface area contributed by atoms with Gasteiger partial charge in [-0.1, -0.05) is 85.9 Å². The Morgan fingerprint density at radius 1 is 0.853 bits per heavy atom. The van der Waals surface area contributed by atoms with Gasteiger partial charge in [0.25, 0.3) is 0 Å². The van der Waals surface area contributed by atoms with Crippen molar-refractivity contribution < 1.29 is 77.4 Å². The summed E-state index contributed by atoms with van der Waals surface area (Å²) in [6, 6.07) is 14.1. The van der Waals surface area contributed by atoms with Crippen LogP contribution in [0.2, 0.25) is 0 Å². The number of Topliss-reactive ketones (excluding diaryl/α,β-unsaturated/α-hetero) is 2. The first-order valence-corrected chi connectivity index (χ1v) is 10.3. The van der Waals surface area contributed by atoms with Crippen molar-refractivity contribution in [1.29, 1.82) is 0 Å². The number of benzene rings is 2. The Kier molecular flexibility index (Phi) is 11.9. The number of rotatable bonds is 0. The van der Waals surface area contributed by atoms with Gasteiger partial charge in [-0.25, -0.2) is 0 Å². The van der Waals surface area contributed by atoms with Gasteiger partial charge in [0.2, 0.25) is 5.91 Å². The van der Waals surface area contributed by atoms with Crippen molar-refractivity contribution in [2.75, 3.05) is 5.32 Å². The van der Waals surface area contributed by atoms with Crippen LogP contribution < -0.4 is 63.5 Å². The molecule has 2 aromatic carbocycles. The molecule has 1 atom stereocenters. The summed E-state index contributed by atoms with van der Waals surface area (Å²) in [6.45, 7) is 8.92. The normalized spacial score (nSPS) is 19.4. The standard InChI is InChI=1S/C13H15NO2.C12H13NO2.2CH4.Rb/c1-8-11(15)9-6-4-5-7-10(9)14-12(16)13(8,2)3;1-12(2)7-10(14)8-5-3-4-6-9(8)13-11(12)15;;;/h4-8H,1-3H3,(H,14,16);3-6H,7H2,1-2H3,(H,13,14,15);2*1H4;/q;;;;+1/p-1. The molecule has 1 N–H and O–H groups in total. The first kappa shape index (κ1) is 32.5. The van der Waals surface area contributed by atoms with Crippen LogP contribution in [0.15, 0.2) is 48.5 Å².